The van der Waals surface area contributed by atoms with E-state index in [-0.39, 0.29) is 0 Å². The highest BCUT2D eigenvalue weighted by Crippen LogP contribution is 2.37. The summed E-state index contributed by atoms with van der Waals surface area (Å²) < 4.78 is 0. The van der Waals surface area contributed by atoms with Crippen LogP contribution in [0.2, 0.25) is 0 Å². The summed E-state index contributed by atoms with van der Waals surface area (Å²) in [6, 6.07) is 8.85. The Kier molecular flexibility index (Phi) is 8.09. The molecule has 1 heterocycles. The standard InChI is InChI=1S/C26H34N2/c1-3-5-6-8-23-19-27-26(28-20-23)18-13-22-11-16-25(17-12-22)24-14-9-21(7-4-2)10-15-24/h11-12,16-17,19-21,24H,3-10,14-15H2,1-2H3/t21-,24-. The van der Waals surface area contributed by atoms with E-state index in [2.05, 4.69) is 59.9 Å². The van der Waals surface area contributed by atoms with Crippen LogP contribution in [-0.2, 0) is 6.42 Å². The zero-order valence-electron chi connectivity index (χ0n) is 17.6. The molecule has 0 radical (unpaired) electrons. The quantitative estimate of drug-likeness (QED) is 0.399. The summed E-state index contributed by atoms with van der Waals surface area (Å²) in [4.78, 5) is 8.80. The van der Waals surface area contributed by atoms with Crippen molar-refractivity contribution in [2.75, 3.05) is 0 Å². The van der Waals surface area contributed by atoms with Crippen LogP contribution in [-0.4, -0.2) is 9.97 Å². The van der Waals surface area contributed by atoms with Crippen molar-refractivity contribution in [3.63, 3.8) is 0 Å². The normalized spacial score (nSPS) is 19.1. The van der Waals surface area contributed by atoms with Crippen LogP contribution < -0.4 is 0 Å². The molecule has 1 fully saturated rings. The number of unbranched alkanes of at least 4 members (excludes halogenated alkanes) is 2. The maximum absolute atomic E-state index is 4.40. The third kappa shape index (κ3) is 6.20. The average Bonchev–Trinajstić information content (AvgIpc) is 2.75. The topological polar surface area (TPSA) is 25.8 Å². The van der Waals surface area contributed by atoms with Crippen molar-refractivity contribution in [3.8, 4) is 11.8 Å². The lowest BCUT2D eigenvalue weighted by Gasteiger charge is -2.28. The van der Waals surface area contributed by atoms with Crippen molar-refractivity contribution in [3.05, 3.63) is 59.2 Å². The molecule has 0 amide bonds. The summed E-state index contributed by atoms with van der Waals surface area (Å²) >= 11 is 0. The van der Waals surface area contributed by atoms with Crippen molar-refractivity contribution in [2.24, 2.45) is 5.92 Å². The van der Waals surface area contributed by atoms with Crippen LogP contribution in [0.25, 0.3) is 0 Å². The van der Waals surface area contributed by atoms with Crippen molar-refractivity contribution in [2.45, 2.75) is 84.0 Å². The van der Waals surface area contributed by atoms with Crippen LogP contribution in [0.3, 0.4) is 0 Å². The first kappa shape index (κ1) is 20.6. The van der Waals surface area contributed by atoms with Crippen LogP contribution in [0.4, 0.5) is 0 Å². The van der Waals surface area contributed by atoms with Crippen LogP contribution in [0.1, 0.15) is 100 Å². The zero-order chi connectivity index (χ0) is 19.6. The first-order valence-corrected chi connectivity index (χ1v) is 11.2. The van der Waals surface area contributed by atoms with E-state index < -0.39 is 0 Å². The van der Waals surface area contributed by atoms with Crippen LogP contribution >= 0.6 is 0 Å². The van der Waals surface area contributed by atoms with E-state index in [4.69, 9.17) is 0 Å². The summed E-state index contributed by atoms with van der Waals surface area (Å²) in [5.74, 6) is 8.62. The first-order valence-electron chi connectivity index (χ1n) is 11.2. The Morgan fingerprint density at radius 1 is 0.857 bits per heavy atom. The summed E-state index contributed by atoms with van der Waals surface area (Å²) in [7, 11) is 0. The van der Waals surface area contributed by atoms with Gasteiger partial charge in [-0.2, -0.15) is 0 Å². The average molecular weight is 375 g/mol. The van der Waals surface area contributed by atoms with Gasteiger partial charge >= 0.3 is 0 Å². The Labute approximate surface area is 171 Å². The first-order chi connectivity index (χ1) is 13.8. The molecule has 1 aliphatic rings. The third-order valence-corrected chi connectivity index (χ3v) is 6.02. The molecule has 0 aliphatic heterocycles. The van der Waals surface area contributed by atoms with Crippen molar-refractivity contribution >= 4 is 0 Å². The highest BCUT2D eigenvalue weighted by molar-refractivity contribution is 5.40. The Hall–Kier alpha value is -2.14. The second-order valence-electron chi connectivity index (χ2n) is 8.25. The van der Waals surface area contributed by atoms with E-state index in [1.165, 1.54) is 68.9 Å². The van der Waals surface area contributed by atoms with Gasteiger partial charge in [-0.25, -0.2) is 9.97 Å². The minimum atomic E-state index is 0.609. The van der Waals surface area contributed by atoms with Gasteiger partial charge < -0.3 is 0 Å². The molecule has 0 bridgehead atoms. The highest BCUT2D eigenvalue weighted by atomic mass is 14.8. The van der Waals surface area contributed by atoms with Gasteiger partial charge in [0.2, 0.25) is 5.82 Å². The molecule has 0 unspecified atom stereocenters. The van der Waals surface area contributed by atoms with Gasteiger partial charge in [-0.05, 0) is 79.5 Å². The minimum Gasteiger partial charge on any atom is -0.229 e. The highest BCUT2D eigenvalue weighted by Gasteiger charge is 2.21. The molecule has 3 rings (SSSR count). The zero-order valence-corrected chi connectivity index (χ0v) is 17.6. The second-order valence-corrected chi connectivity index (χ2v) is 8.25. The van der Waals surface area contributed by atoms with E-state index in [0.29, 0.717) is 5.82 Å². The minimum absolute atomic E-state index is 0.609. The van der Waals surface area contributed by atoms with Gasteiger partial charge in [-0.1, -0.05) is 57.6 Å². The molecule has 1 aliphatic carbocycles. The van der Waals surface area contributed by atoms with Crippen molar-refractivity contribution in [1.29, 1.82) is 0 Å². The lowest BCUT2D eigenvalue weighted by Crippen LogP contribution is -2.13. The number of aromatic nitrogens is 2. The van der Waals surface area contributed by atoms with Gasteiger partial charge in [0.15, 0.2) is 0 Å². The summed E-state index contributed by atoms with van der Waals surface area (Å²) in [6.45, 7) is 4.53. The molecule has 1 saturated carbocycles. The smallest absolute Gasteiger partial charge is 0.205 e. The fourth-order valence-electron chi connectivity index (χ4n) is 4.29. The molecule has 0 saturated heterocycles. The van der Waals surface area contributed by atoms with Gasteiger partial charge in [0.05, 0.1) is 0 Å². The number of rotatable bonds is 7. The van der Waals surface area contributed by atoms with E-state index in [1.54, 1.807) is 0 Å². The third-order valence-electron chi connectivity index (χ3n) is 6.02. The molecule has 2 heteroatoms. The summed E-state index contributed by atoms with van der Waals surface area (Å²) in [6.07, 6.45) is 16.8. The Bertz CT molecular complexity index is 757. The summed E-state index contributed by atoms with van der Waals surface area (Å²) in [5.41, 5.74) is 3.73. The number of hydrogen-bond donors (Lipinski definition) is 0. The Balaban J connectivity index is 1.53. The molecular formula is C26H34N2. The maximum atomic E-state index is 4.40. The molecule has 148 valence electrons. The molecule has 2 aromatic rings. The largest absolute Gasteiger partial charge is 0.229 e. The second kappa shape index (κ2) is 11.0. The molecule has 1 aromatic heterocycles. The molecule has 0 N–H and O–H groups in total. The maximum Gasteiger partial charge on any atom is 0.205 e. The van der Waals surface area contributed by atoms with Crippen molar-refractivity contribution < 1.29 is 0 Å². The van der Waals surface area contributed by atoms with Crippen LogP contribution in [0.15, 0.2) is 36.7 Å². The molecular weight excluding hydrogens is 340 g/mol. The van der Waals surface area contributed by atoms with E-state index in [9.17, 15) is 0 Å². The number of aryl methyl sites for hydroxylation is 1. The van der Waals surface area contributed by atoms with Crippen LogP contribution in [0, 0.1) is 17.8 Å². The van der Waals surface area contributed by atoms with Gasteiger partial charge in [0, 0.05) is 18.0 Å². The summed E-state index contributed by atoms with van der Waals surface area (Å²) in [5, 5.41) is 0. The van der Waals surface area contributed by atoms with E-state index in [1.807, 2.05) is 12.4 Å². The predicted molar refractivity (Wildman–Crippen MR) is 117 cm³/mol. The predicted octanol–water partition coefficient (Wildman–Crippen LogP) is 6.68. The van der Waals surface area contributed by atoms with Gasteiger partial charge in [0.25, 0.3) is 0 Å². The Morgan fingerprint density at radius 3 is 2.21 bits per heavy atom. The van der Waals surface area contributed by atoms with E-state index >= 15 is 0 Å². The molecule has 0 spiro atoms. The van der Waals surface area contributed by atoms with Crippen molar-refractivity contribution in [1.82, 2.24) is 9.97 Å². The fourth-order valence-corrected chi connectivity index (χ4v) is 4.29. The number of hydrogen-bond acceptors (Lipinski definition) is 2. The fraction of sp³-hybridized carbons (Fsp3) is 0.538. The molecule has 1 aromatic carbocycles. The van der Waals surface area contributed by atoms with Gasteiger partial charge in [-0.3, -0.25) is 0 Å². The molecule has 28 heavy (non-hydrogen) atoms. The van der Waals surface area contributed by atoms with Gasteiger partial charge in [0.1, 0.15) is 0 Å². The number of benzene rings is 1. The lowest BCUT2D eigenvalue weighted by molar-refractivity contribution is 0.308. The molecule has 0 atom stereocenters. The Morgan fingerprint density at radius 2 is 1.57 bits per heavy atom. The van der Waals surface area contributed by atoms with Crippen LogP contribution in [0.5, 0.6) is 0 Å². The SMILES string of the molecule is CCCCCc1cnc(C#Cc2ccc([C@H]3CC[C@H](CCC)CC3)cc2)nc1. The van der Waals surface area contributed by atoms with E-state index in [0.717, 1.165) is 23.8 Å². The molecule has 2 nitrogen and oxygen atoms in total. The number of nitrogens with zero attached hydrogens (tertiary/aromatic N) is 2. The lowest BCUT2D eigenvalue weighted by atomic mass is 9.77. The monoisotopic (exact) mass is 374 g/mol. The van der Waals surface area contributed by atoms with Gasteiger partial charge in [-0.15, -0.1) is 0 Å².